The van der Waals surface area contributed by atoms with Crippen LogP contribution in [0, 0.1) is 5.92 Å². The van der Waals surface area contributed by atoms with Crippen molar-refractivity contribution in [2.75, 3.05) is 32.1 Å². The molecule has 1 aliphatic carbocycles. The molecule has 1 saturated heterocycles. The van der Waals surface area contributed by atoms with Gasteiger partial charge in [0.05, 0.1) is 19.5 Å². The molecule has 43 heavy (non-hydrogen) atoms. The predicted molar refractivity (Wildman–Crippen MR) is 165 cm³/mol. The minimum atomic E-state index is -1.16. The van der Waals surface area contributed by atoms with Crippen molar-refractivity contribution in [1.29, 1.82) is 0 Å². The van der Waals surface area contributed by atoms with Crippen LogP contribution in [0.2, 0.25) is 0 Å². The maximum atomic E-state index is 10.9. The van der Waals surface area contributed by atoms with Crippen molar-refractivity contribution in [3.05, 3.63) is 83.9 Å². The molecule has 2 aliphatic rings. The second-order valence-electron chi connectivity index (χ2n) is 11.7. The van der Waals surface area contributed by atoms with E-state index in [4.69, 9.17) is 19.4 Å². The highest BCUT2D eigenvalue weighted by Gasteiger charge is 2.44. The molecule has 4 aromatic rings. The number of aliphatic hydroxyl groups excluding tert-OH is 2. The summed E-state index contributed by atoms with van der Waals surface area (Å²) in [7, 11) is 1.54. The first kappa shape index (κ1) is 29.7. The lowest BCUT2D eigenvalue weighted by Crippen LogP contribution is -2.33. The fraction of sp³-hybridized carbons (Fsp3) is 0.485. The molecule has 4 atom stereocenters. The Kier molecular flexibility index (Phi) is 9.60. The van der Waals surface area contributed by atoms with Gasteiger partial charge in [0.25, 0.3) is 0 Å². The highest BCUT2D eigenvalue weighted by molar-refractivity contribution is 5.83. The first-order valence-electron chi connectivity index (χ1n) is 15.4. The molecule has 3 heterocycles. The summed E-state index contributed by atoms with van der Waals surface area (Å²) in [6, 6.07) is 20.9. The zero-order chi connectivity index (χ0) is 29.6. The number of aromatic nitrogens is 4. The van der Waals surface area contributed by atoms with Crippen molar-refractivity contribution in [3.8, 4) is 0 Å². The number of imidazole rings is 1. The van der Waals surface area contributed by atoms with Crippen LogP contribution in [0.25, 0.3) is 11.2 Å². The summed E-state index contributed by atoms with van der Waals surface area (Å²) in [6.07, 6.45) is 4.29. The SMILES string of the molecule is COCC1O[C@@H](n2cnc3c(NCC(c4ccccc4)c4ccccc4)nc(CNCC4CCCCC4)nc32)[C@H](O)C1O. The number of nitrogens with zero attached hydrogens (tertiary/aromatic N) is 4. The van der Waals surface area contributed by atoms with Crippen LogP contribution in [0.4, 0.5) is 5.82 Å². The number of rotatable bonds is 12. The number of hydrogen-bond donors (Lipinski definition) is 4. The first-order chi connectivity index (χ1) is 21.1. The first-order valence-corrected chi connectivity index (χ1v) is 15.4. The number of fused-ring (bicyclic) bond motifs is 1. The van der Waals surface area contributed by atoms with Crippen molar-refractivity contribution < 1.29 is 19.7 Å². The molecular formula is C33H42N6O4. The minimum Gasteiger partial charge on any atom is -0.387 e. The monoisotopic (exact) mass is 586 g/mol. The van der Waals surface area contributed by atoms with Gasteiger partial charge in [0.2, 0.25) is 0 Å². The van der Waals surface area contributed by atoms with Crippen LogP contribution in [-0.2, 0) is 16.0 Å². The van der Waals surface area contributed by atoms with Crippen LogP contribution in [0.5, 0.6) is 0 Å². The summed E-state index contributed by atoms with van der Waals surface area (Å²) in [5.41, 5.74) is 3.52. The van der Waals surface area contributed by atoms with E-state index < -0.39 is 24.5 Å². The van der Waals surface area contributed by atoms with E-state index in [-0.39, 0.29) is 12.5 Å². The van der Waals surface area contributed by atoms with Crippen molar-refractivity contribution in [2.24, 2.45) is 5.92 Å². The lowest BCUT2D eigenvalue weighted by atomic mass is 9.89. The molecule has 2 fully saturated rings. The largest absolute Gasteiger partial charge is 0.387 e. The standard InChI is InChI=1S/C33H42N6O4/c1-42-20-26-29(40)30(41)33(43-26)39-21-36-28-31(37-27(38-32(28)39)19-34-17-22-11-5-2-6-12-22)35-18-25(23-13-7-3-8-14-23)24-15-9-4-10-16-24/h3-4,7-10,13-16,21-22,25-26,29-30,33-34,40-41H,2,5-6,11-12,17-20H2,1H3,(H,35,37,38)/t26?,29?,30-,33-/m1/s1. The number of methoxy groups -OCH3 is 1. The second-order valence-corrected chi connectivity index (χ2v) is 11.7. The quantitative estimate of drug-likeness (QED) is 0.195. The number of ether oxygens (including phenoxy) is 2. The summed E-state index contributed by atoms with van der Waals surface area (Å²) in [6.45, 7) is 2.21. The Hall–Kier alpha value is -3.41. The molecule has 6 rings (SSSR count). The summed E-state index contributed by atoms with van der Waals surface area (Å²) in [5, 5.41) is 28.7. The van der Waals surface area contributed by atoms with Gasteiger partial charge in [-0.1, -0.05) is 79.9 Å². The summed E-state index contributed by atoms with van der Waals surface area (Å²) >= 11 is 0. The Labute approximate surface area is 252 Å². The van der Waals surface area contributed by atoms with E-state index in [1.807, 2.05) is 12.1 Å². The fourth-order valence-electron chi connectivity index (χ4n) is 6.39. The van der Waals surface area contributed by atoms with E-state index in [0.717, 1.165) is 6.54 Å². The van der Waals surface area contributed by atoms with Gasteiger partial charge in [0.15, 0.2) is 23.2 Å². The van der Waals surface area contributed by atoms with Crippen molar-refractivity contribution in [3.63, 3.8) is 0 Å². The van der Waals surface area contributed by atoms with Crippen LogP contribution < -0.4 is 10.6 Å². The van der Waals surface area contributed by atoms with E-state index in [1.54, 1.807) is 18.0 Å². The van der Waals surface area contributed by atoms with Crippen LogP contribution in [-0.4, -0.2) is 74.9 Å². The molecule has 10 nitrogen and oxygen atoms in total. The average Bonchev–Trinajstić information content (AvgIpc) is 3.59. The Balaban J connectivity index is 1.30. The Morgan fingerprint density at radius 2 is 1.65 bits per heavy atom. The highest BCUT2D eigenvalue weighted by atomic mass is 16.6. The van der Waals surface area contributed by atoms with E-state index in [1.165, 1.54) is 43.2 Å². The van der Waals surface area contributed by atoms with Gasteiger partial charge >= 0.3 is 0 Å². The smallest absolute Gasteiger partial charge is 0.168 e. The molecule has 0 spiro atoms. The van der Waals surface area contributed by atoms with Gasteiger partial charge in [-0.3, -0.25) is 4.57 Å². The van der Waals surface area contributed by atoms with Crippen molar-refractivity contribution >= 4 is 17.0 Å². The molecule has 0 amide bonds. The molecule has 0 bridgehead atoms. The third-order valence-corrected chi connectivity index (χ3v) is 8.73. The summed E-state index contributed by atoms with van der Waals surface area (Å²) in [5.74, 6) is 2.02. The molecule has 228 valence electrons. The molecule has 2 aromatic carbocycles. The predicted octanol–water partition coefficient (Wildman–Crippen LogP) is 4.01. The maximum absolute atomic E-state index is 10.9. The van der Waals surface area contributed by atoms with Crippen LogP contribution in [0.15, 0.2) is 67.0 Å². The molecule has 4 N–H and O–H groups in total. The van der Waals surface area contributed by atoms with Gasteiger partial charge in [-0.15, -0.1) is 0 Å². The van der Waals surface area contributed by atoms with Crippen LogP contribution in [0.3, 0.4) is 0 Å². The van der Waals surface area contributed by atoms with Crippen LogP contribution in [0.1, 0.15) is 61.2 Å². The molecule has 2 unspecified atom stereocenters. The van der Waals surface area contributed by atoms with Gasteiger partial charge < -0.3 is 30.3 Å². The maximum Gasteiger partial charge on any atom is 0.168 e. The summed E-state index contributed by atoms with van der Waals surface area (Å²) in [4.78, 5) is 14.5. The highest BCUT2D eigenvalue weighted by Crippen LogP contribution is 2.33. The molecule has 10 heteroatoms. The number of aliphatic hydroxyl groups is 2. The lowest BCUT2D eigenvalue weighted by Gasteiger charge is -2.22. The normalized spacial score (nSPS) is 22.9. The molecule has 1 aliphatic heterocycles. The fourth-order valence-corrected chi connectivity index (χ4v) is 6.39. The average molecular weight is 587 g/mol. The number of benzene rings is 2. The molecular weight excluding hydrogens is 544 g/mol. The number of hydrogen-bond acceptors (Lipinski definition) is 9. The van der Waals surface area contributed by atoms with Crippen molar-refractivity contribution in [1.82, 2.24) is 24.8 Å². The zero-order valence-corrected chi connectivity index (χ0v) is 24.7. The van der Waals surface area contributed by atoms with E-state index >= 15 is 0 Å². The zero-order valence-electron chi connectivity index (χ0n) is 24.7. The minimum absolute atomic E-state index is 0.0901. The third kappa shape index (κ3) is 6.73. The Bertz CT molecular complexity index is 1410. The van der Waals surface area contributed by atoms with E-state index in [9.17, 15) is 10.2 Å². The molecule has 1 saturated carbocycles. The molecule has 2 aromatic heterocycles. The van der Waals surface area contributed by atoms with Gasteiger partial charge in [-0.2, -0.15) is 0 Å². The topological polar surface area (TPSA) is 127 Å². The number of nitrogens with one attached hydrogen (secondary N) is 2. The van der Waals surface area contributed by atoms with Crippen molar-refractivity contribution in [2.45, 2.75) is 69.1 Å². The summed E-state index contributed by atoms with van der Waals surface area (Å²) < 4.78 is 12.9. The lowest BCUT2D eigenvalue weighted by molar-refractivity contribution is -0.0580. The van der Waals surface area contributed by atoms with E-state index in [0.29, 0.717) is 41.8 Å². The van der Waals surface area contributed by atoms with Gasteiger partial charge in [-0.25, -0.2) is 15.0 Å². The van der Waals surface area contributed by atoms with Gasteiger partial charge in [0, 0.05) is 19.6 Å². The van der Waals surface area contributed by atoms with Gasteiger partial charge in [-0.05, 0) is 36.4 Å². The molecule has 0 radical (unpaired) electrons. The van der Waals surface area contributed by atoms with E-state index in [2.05, 4.69) is 64.1 Å². The third-order valence-electron chi connectivity index (χ3n) is 8.73. The van der Waals surface area contributed by atoms with Crippen LogP contribution >= 0.6 is 0 Å². The number of anilines is 1. The second kappa shape index (κ2) is 13.9. The van der Waals surface area contributed by atoms with Gasteiger partial charge in [0.1, 0.15) is 24.1 Å². The Morgan fingerprint density at radius 3 is 2.33 bits per heavy atom. The Morgan fingerprint density at radius 1 is 0.953 bits per heavy atom.